The molecule has 0 saturated carbocycles. The molecule has 0 radical (unpaired) electrons. The van der Waals surface area contributed by atoms with Crippen LogP contribution in [0.15, 0.2) is 23.1 Å². The molecule has 0 N–H and O–H groups in total. The third kappa shape index (κ3) is 4.12. The number of piperidine rings is 1. The van der Waals surface area contributed by atoms with Gasteiger partial charge in [-0.2, -0.15) is 0 Å². The van der Waals surface area contributed by atoms with Crippen LogP contribution >= 0.6 is 11.8 Å². The molecular formula is C19H25NO3S. The number of nitrogens with zero attached hydrogens (tertiary/aromatic N) is 1. The normalized spacial score (nSPS) is 18.1. The summed E-state index contributed by atoms with van der Waals surface area (Å²) in [5.74, 6) is 1.20. The van der Waals surface area contributed by atoms with Crippen LogP contribution in [0, 0.1) is 5.92 Å². The largest absolute Gasteiger partial charge is 0.466 e. The number of ether oxygens (including phenoxy) is 1. The highest BCUT2D eigenvalue weighted by Crippen LogP contribution is 2.30. The van der Waals surface area contributed by atoms with E-state index in [1.54, 1.807) is 0 Å². The predicted molar refractivity (Wildman–Crippen MR) is 95.1 cm³/mol. The Kier molecular flexibility index (Phi) is 5.82. The summed E-state index contributed by atoms with van der Waals surface area (Å²) in [6, 6.07) is 6.44. The minimum absolute atomic E-state index is 0.0465. The smallest absolute Gasteiger partial charge is 0.309 e. The maximum atomic E-state index is 12.5. The van der Waals surface area contributed by atoms with Gasteiger partial charge in [0.1, 0.15) is 0 Å². The molecule has 130 valence electrons. The van der Waals surface area contributed by atoms with Crippen molar-refractivity contribution in [2.75, 3.05) is 25.4 Å². The van der Waals surface area contributed by atoms with Crippen LogP contribution in [0.4, 0.5) is 0 Å². The third-order valence-electron chi connectivity index (χ3n) is 4.80. The van der Waals surface area contributed by atoms with E-state index < -0.39 is 0 Å². The lowest BCUT2D eigenvalue weighted by atomic mass is 9.96. The maximum Gasteiger partial charge on any atom is 0.309 e. The average molecular weight is 347 g/mol. The SMILES string of the molecule is CCOC(=O)C1CCN(C(=O)Cc2ccc3c(c2)CCCS3)CC1. The van der Waals surface area contributed by atoms with Crippen LogP contribution in [-0.2, 0) is 27.2 Å². The number of fused-ring (bicyclic) bond motifs is 1. The molecular weight excluding hydrogens is 322 g/mol. The second-order valence-corrected chi connectivity index (χ2v) is 7.61. The number of hydrogen-bond donors (Lipinski definition) is 0. The second kappa shape index (κ2) is 8.06. The lowest BCUT2D eigenvalue weighted by Crippen LogP contribution is -2.41. The molecule has 1 aromatic carbocycles. The first-order chi connectivity index (χ1) is 11.7. The number of esters is 1. The maximum absolute atomic E-state index is 12.5. The van der Waals surface area contributed by atoms with Gasteiger partial charge in [-0.15, -0.1) is 11.8 Å². The zero-order valence-electron chi connectivity index (χ0n) is 14.3. The highest BCUT2D eigenvalue weighted by molar-refractivity contribution is 7.99. The van der Waals surface area contributed by atoms with Gasteiger partial charge in [0.2, 0.25) is 5.91 Å². The Morgan fingerprint density at radius 2 is 2.08 bits per heavy atom. The molecule has 0 aliphatic carbocycles. The van der Waals surface area contributed by atoms with Crippen LogP contribution in [-0.4, -0.2) is 42.2 Å². The number of amides is 1. The summed E-state index contributed by atoms with van der Waals surface area (Å²) in [7, 11) is 0. The summed E-state index contributed by atoms with van der Waals surface area (Å²) in [5.41, 5.74) is 2.49. The van der Waals surface area contributed by atoms with E-state index in [0.717, 1.165) is 12.0 Å². The fraction of sp³-hybridized carbons (Fsp3) is 0.579. The standard InChI is InChI=1S/C19H25NO3S/c1-2-23-19(22)15-7-9-20(10-8-15)18(21)13-14-5-6-17-16(12-14)4-3-11-24-17/h5-6,12,15H,2-4,7-11,13H2,1H3. The molecule has 1 fully saturated rings. The van der Waals surface area contributed by atoms with Gasteiger partial charge in [0.25, 0.3) is 0 Å². The topological polar surface area (TPSA) is 46.6 Å². The molecule has 24 heavy (non-hydrogen) atoms. The molecule has 3 rings (SSSR count). The molecule has 0 bridgehead atoms. The first-order valence-corrected chi connectivity index (χ1v) is 9.85. The Bertz CT molecular complexity index is 609. The summed E-state index contributed by atoms with van der Waals surface area (Å²) in [6.45, 7) is 3.56. The van der Waals surface area contributed by atoms with Crippen molar-refractivity contribution in [2.45, 2.75) is 43.9 Å². The number of carbonyl (C=O) groups excluding carboxylic acids is 2. The van der Waals surface area contributed by atoms with Crippen molar-refractivity contribution in [2.24, 2.45) is 5.92 Å². The number of benzene rings is 1. The molecule has 0 spiro atoms. The number of hydrogen-bond acceptors (Lipinski definition) is 4. The fourth-order valence-corrected chi connectivity index (χ4v) is 4.45. The first kappa shape index (κ1) is 17.3. The van der Waals surface area contributed by atoms with Crippen LogP contribution in [0.1, 0.15) is 37.3 Å². The van der Waals surface area contributed by atoms with Gasteiger partial charge in [0.15, 0.2) is 0 Å². The van der Waals surface area contributed by atoms with Crippen molar-refractivity contribution < 1.29 is 14.3 Å². The van der Waals surface area contributed by atoms with Gasteiger partial charge in [0.05, 0.1) is 18.9 Å². The fourth-order valence-electron chi connectivity index (χ4n) is 3.43. The van der Waals surface area contributed by atoms with Crippen molar-refractivity contribution in [3.8, 4) is 0 Å². The van der Waals surface area contributed by atoms with E-state index in [1.165, 1.54) is 22.6 Å². The van der Waals surface area contributed by atoms with E-state index in [0.29, 0.717) is 39.0 Å². The van der Waals surface area contributed by atoms with Crippen molar-refractivity contribution in [1.29, 1.82) is 0 Å². The van der Waals surface area contributed by atoms with Gasteiger partial charge < -0.3 is 9.64 Å². The highest BCUT2D eigenvalue weighted by atomic mass is 32.2. The summed E-state index contributed by atoms with van der Waals surface area (Å²) in [4.78, 5) is 27.6. The molecule has 5 heteroatoms. The number of carbonyl (C=O) groups is 2. The van der Waals surface area contributed by atoms with Gasteiger partial charge in [0, 0.05) is 18.0 Å². The first-order valence-electron chi connectivity index (χ1n) is 8.86. The molecule has 2 aliphatic rings. The molecule has 0 aromatic heterocycles. The zero-order chi connectivity index (χ0) is 16.9. The van der Waals surface area contributed by atoms with Gasteiger partial charge in [-0.05, 0) is 55.6 Å². The molecule has 2 aliphatic heterocycles. The van der Waals surface area contributed by atoms with Crippen molar-refractivity contribution in [3.63, 3.8) is 0 Å². The Morgan fingerprint density at radius 1 is 1.29 bits per heavy atom. The van der Waals surface area contributed by atoms with Crippen LogP contribution in [0.25, 0.3) is 0 Å². The highest BCUT2D eigenvalue weighted by Gasteiger charge is 2.28. The monoisotopic (exact) mass is 347 g/mol. The second-order valence-electron chi connectivity index (χ2n) is 6.48. The third-order valence-corrected chi connectivity index (χ3v) is 6.00. The van der Waals surface area contributed by atoms with Crippen molar-refractivity contribution in [3.05, 3.63) is 29.3 Å². The minimum atomic E-state index is -0.114. The van der Waals surface area contributed by atoms with Crippen LogP contribution < -0.4 is 0 Å². The van der Waals surface area contributed by atoms with E-state index in [-0.39, 0.29) is 17.8 Å². The van der Waals surface area contributed by atoms with Crippen LogP contribution in [0.2, 0.25) is 0 Å². The lowest BCUT2D eigenvalue weighted by Gasteiger charge is -2.31. The molecule has 4 nitrogen and oxygen atoms in total. The Balaban J connectivity index is 1.53. The minimum Gasteiger partial charge on any atom is -0.466 e. The summed E-state index contributed by atoms with van der Waals surface area (Å²) in [5, 5.41) is 0. The Labute approximate surface area is 147 Å². The summed E-state index contributed by atoms with van der Waals surface area (Å²) >= 11 is 1.91. The van der Waals surface area contributed by atoms with Gasteiger partial charge in [-0.25, -0.2) is 0 Å². The molecule has 1 saturated heterocycles. The van der Waals surface area contributed by atoms with Gasteiger partial charge in [-0.1, -0.05) is 12.1 Å². The van der Waals surface area contributed by atoms with E-state index in [4.69, 9.17) is 4.74 Å². The molecule has 0 unspecified atom stereocenters. The quantitative estimate of drug-likeness (QED) is 0.786. The van der Waals surface area contributed by atoms with Gasteiger partial charge in [-0.3, -0.25) is 9.59 Å². The van der Waals surface area contributed by atoms with Gasteiger partial charge >= 0.3 is 5.97 Å². The number of aryl methyl sites for hydroxylation is 1. The van der Waals surface area contributed by atoms with Crippen LogP contribution in [0.5, 0.6) is 0 Å². The Morgan fingerprint density at radius 3 is 2.83 bits per heavy atom. The number of likely N-dealkylation sites (tertiary alicyclic amines) is 1. The van der Waals surface area contributed by atoms with E-state index in [1.807, 2.05) is 23.6 Å². The van der Waals surface area contributed by atoms with Crippen LogP contribution in [0.3, 0.4) is 0 Å². The number of rotatable bonds is 4. The van der Waals surface area contributed by atoms with E-state index in [2.05, 4.69) is 18.2 Å². The summed E-state index contributed by atoms with van der Waals surface area (Å²) < 4.78 is 5.08. The lowest BCUT2D eigenvalue weighted by molar-refractivity contribution is -0.151. The molecule has 2 heterocycles. The molecule has 1 aromatic rings. The number of thioether (sulfide) groups is 1. The van der Waals surface area contributed by atoms with Crippen molar-refractivity contribution in [1.82, 2.24) is 4.90 Å². The average Bonchev–Trinajstić information content (AvgIpc) is 2.62. The Hall–Kier alpha value is -1.49. The molecule has 0 atom stereocenters. The van der Waals surface area contributed by atoms with E-state index in [9.17, 15) is 9.59 Å². The van der Waals surface area contributed by atoms with E-state index >= 15 is 0 Å². The zero-order valence-corrected chi connectivity index (χ0v) is 15.1. The summed E-state index contributed by atoms with van der Waals surface area (Å²) in [6.07, 6.45) is 4.23. The predicted octanol–water partition coefficient (Wildman–Crippen LogP) is 3.07. The molecule has 1 amide bonds. The van der Waals surface area contributed by atoms with Crippen molar-refractivity contribution >= 4 is 23.6 Å².